The van der Waals surface area contributed by atoms with Crippen LogP contribution in [0.2, 0.25) is 0 Å². The van der Waals surface area contributed by atoms with Gasteiger partial charge in [-0.15, -0.1) is 21.5 Å². The van der Waals surface area contributed by atoms with Crippen LogP contribution in [0.3, 0.4) is 0 Å². The molecule has 10 nitrogen and oxygen atoms in total. The molecule has 0 aliphatic rings. The van der Waals surface area contributed by atoms with Crippen molar-refractivity contribution < 1.29 is 9.72 Å². The van der Waals surface area contributed by atoms with Gasteiger partial charge in [-0.25, -0.2) is 4.98 Å². The highest BCUT2D eigenvalue weighted by Gasteiger charge is 2.14. The van der Waals surface area contributed by atoms with Crippen LogP contribution in [-0.4, -0.2) is 41.4 Å². The van der Waals surface area contributed by atoms with Gasteiger partial charge in [0.1, 0.15) is 0 Å². The van der Waals surface area contributed by atoms with Gasteiger partial charge >= 0.3 is 0 Å². The van der Waals surface area contributed by atoms with Gasteiger partial charge < -0.3 is 5.32 Å². The zero-order valence-corrected chi connectivity index (χ0v) is 16.6. The topological polar surface area (TPSA) is 128 Å². The second-order valence-electron chi connectivity index (χ2n) is 5.91. The molecule has 0 fully saturated rings. The number of anilines is 1. The molecule has 1 aromatic carbocycles. The molecule has 4 rings (SSSR count). The van der Waals surface area contributed by atoms with E-state index in [1.54, 1.807) is 24.3 Å². The molecule has 0 aliphatic carbocycles. The van der Waals surface area contributed by atoms with Gasteiger partial charge in [-0.2, -0.15) is 9.61 Å². The number of nitrogens with zero attached hydrogens (tertiary/aromatic N) is 6. The van der Waals surface area contributed by atoms with Gasteiger partial charge in [-0.1, -0.05) is 23.9 Å². The Kier molecular flexibility index (Phi) is 5.18. The number of nitro groups is 1. The fourth-order valence-electron chi connectivity index (χ4n) is 2.49. The summed E-state index contributed by atoms with van der Waals surface area (Å²) in [6.07, 6.45) is 0. The molecule has 4 aromatic rings. The molecule has 0 aliphatic heterocycles. The molecule has 0 radical (unpaired) electrons. The molecule has 3 aromatic heterocycles. The summed E-state index contributed by atoms with van der Waals surface area (Å²) >= 11 is 2.55. The van der Waals surface area contributed by atoms with Crippen molar-refractivity contribution in [3.8, 4) is 11.3 Å². The molecule has 0 spiro atoms. The third-order valence-corrected chi connectivity index (χ3v) is 5.58. The summed E-state index contributed by atoms with van der Waals surface area (Å²) in [6.45, 7) is 1.86. The van der Waals surface area contributed by atoms with Crippen molar-refractivity contribution in [2.45, 2.75) is 12.1 Å². The molecule has 1 N–H and O–H groups in total. The van der Waals surface area contributed by atoms with Crippen LogP contribution in [0.25, 0.3) is 16.9 Å². The Balaban J connectivity index is 1.53. The number of nitrogens with one attached hydrogen (secondary N) is 1. The Bertz CT molecular complexity index is 1220. The Morgan fingerprint density at radius 1 is 1.31 bits per heavy atom. The quantitative estimate of drug-likeness (QED) is 0.282. The van der Waals surface area contributed by atoms with E-state index in [0.29, 0.717) is 27.2 Å². The average Bonchev–Trinajstić information content (AvgIpc) is 3.31. The number of non-ortho nitro benzene ring substituents is 1. The van der Waals surface area contributed by atoms with Crippen molar-refractivity contribution in [1.29, 1.82) is 0 Å². The predicted octanol–water partition coefficient (Wildman–Crippen LogP) is 3.20. The molecule has 3 heterocycles. The number of fused-ring (bicyclic) bond motifs is 1. The standard InChI is InChI=1S/C17H13N7O3S2/c1-10-8-28-16(18-10)19-15(25)9-29-17-21-20-14-6-5-13(22-23(14)17)11-3-2-4-12(7-11)24(26)27/h2-8H,9H2,1H3,(H,18,19,25). The number of thioether (sulfide) groups is 1. The van der Waals surface area contributed by atoms with Crippen LogP contribution < -0.4 is 5.32 Å². The lowest BCUT2D eigenvalue weighted by molar-refractivity contribution is -0.384. The molecule has 29 heavy (non-hydrogen) atoms. The molecule has 1 amide bonds. The van der Waals surface area contributed by atoms with E-state index in [1.165, 1.54) is 39.7 Å². The minimum absolute atomic E-state index is 0.0168. The maximum Gasteiger partial charge on any atom is 0.270 e. The molecule has 0 unspecified atom stereocenters. The SMILES string of the molecule is Cc1csc(NC(=O)CSc2nnc3ccc(-c4cccc([N+](=O)[O-])c4)nn23)n1. The predicted molar refractivity (Wildman–Crippen MR) is 109 cm³/mol. The van der Waals surface area contributed by atoms with Crippen molar-refractivity contribution in [2.75, 3.05) is 11.1 Å². The van der Waals surface area contributed by atoms with Gasteiger partial charge in [0.05, 0.1) is 22.1 Å². The summed E-state index contributed by atoms with van der Waals surface area (Å²) in [5.41, 5.74) is 2.47. The Hall–Kier alpha value is -3.38. The first-order chi connectivity index (χ1) is 14.0. The Labute approximate surface area is 172 Å². The Morgan fingerprint density at radius 3 is 2.93 bits per heavy atom. The van der Waals surface area contributed by atoms with Gasteiger partial charge in [-0.05, 0) is 19.1 Å². The maximum atomic E-state index is 12.1. The van der Waals surface area contributed by atoms with Gasteiger partial charge in [0.2, 0.25) is 11.1 Å². The molecule has 0 saturated heterocycles. The van der Waals surface area contributed by atoms with Crippen LogP contribution in [0.15, 0.2) is 46.9 Å². The summed E-state index contributed by atoms with van der Waals surface area (Å²) in [6, 6.07) is 9.65. The zero-order valence-electron chi connectivity index (χ0n) is 15.0. The highest BCUT2D eigenvalue weighted by atomic mass is 32.2. The fourth-order valence-corrected chi connectivity index (χ4v) is 3.88. The number of rotatable bonds is 6. The molecule has 146 valence electrons. The van der Waals surface area contributed by atoms with E-state index in [4.69, 9.17) is 0 Å². The summed E-state index contributed by atoms with van der Waals surface area (Å²) < 4.78 is 1.51. The molecule has 0 bridgehead atoms. The first kappa shape index (κ1) is 19.0. The molecular formula is C17H13N7O3S2. The number of aryl methyl sites for hydroxylation is 1. The lowest BCUT2D eigenvalue weighted by Crippen LogP contribution is -2.14. The highest BCUT2D eigenvalue weighted by molar-refractivity contribution is 7.99. The van der Waals surface area contributed by atoms with E-state index >= 15 is 0 Å². The zero-order chi connectivity index (χ0) is 20.4. The number of aromatic nitrogens is 5. The second-order valence-corrected chi connectivity index (χ2v) is 7.71. The summed E-state index contributed by atoms with van der Waals surface area (Å²) in [7, 11) is 0. The summed E-state index contributed by atoms with van der Waals surface area (Å²) in [5, 5.41) is 29.2. The van der Waals surface area contributed by atoms with Gasteiger partial charge in [0.25, 0.3) is 5.69 Å². The number of carbonyl (C=O) groups is 1. The summed E-state index contributed by atoms with van der Waals surface area (Å²) in [5.74, 6) is -0.0989. The monoisotopic (exact) mass is 427 g/mol. The minimum Gasteiger partial charge on any atom is -0.301 e. The first-order valence-electron chi connectivity index (χ1n) is 8.32. The second kappa shape index (κ2) is 7.93. The van der Waals surface area contributed by atoms with E-state index in [0.717, 1.165) is 5.69 Å². The number of benzene rings is 1. The number of hydrogen-bond acceptors (Lipinski definition) is 9. The van der Waals surface area contributed by atoms with Crippen LogP contribution in [0.4, 0.5) is 10.8 Å². The van der Waals surface area contributed by atoms with E-state index in [9.17, 15) is 14.9 Å². The van der Waals surface area contributed by atoms with Crippen LogP contribution in [-0.2, 0) is 4.79 Å². The highest BCUT2D eigenvalue weighted by Crippen LogP contribution is 2.24. The molecule has 0 atom stereocenters. The van der Waals surface area contributed by atoms with E-state index in [1.807, 2.05) is 12.3 Å². The lowest BCUT2D eigenvalue weighted by Gasteiger charge is -2.03. The number of amides is 1. The number of nitro benzene ring substituents is 1. The number of hydrogen-bond donors (Lipinski definition) is 1. The number of thiazole rings is 1. The minimum atomic E-state index is -0.454. The van der Waals surface area contributed by atoms with Crippen molar-refractivity contribution in [1.82, 2.24) is 24.8 Å². The van der Waals surface area contributed by atoms with Gasteiger partial charge in [0, 0.05) is 23.1 Å². The van der Waals surface area contributed by atoms with E-state index < -0.39 is 4.92 Å². The van der Waals surface area contributed by atoms with Crippen molar-refractivity contribution in [3.63, 3.8) is 0 Å². The van der Waals surface area contributed by atoms with Crippen LogP contribution in [0, 0.1) is 17.0 Å². The molecule has 12 heteroatoms. The Morgan fingerprint density at radius 2 is 2.17 bits per heavy atom. The molecule has 0 saturated carbocycles. The van der Waals surface area contributed by atoms with E-state index in [-0.39, 0.29) is 17.3 Å². The lowest BCUT2D eigenvalue weighted by atomic mass is 10.1. The van der Waals surface area contributed by atoms with Crippen LogP contribution >= 0.6 is 23.1 Å². The van der Waals surface area contributed by atoms with Gasteiger partial charge in [0.15, 0.2) is 10.8 Å². The summed E-state index contributed by atoms with van der Waals surface area (Å²) in [4.78, 5) is 26.9. The first-order valence-corrected chi connectivity index (χ1v) is 10.2. The fraction of sp³-hybridized carbons (Fsp3) is 0.118. The van der Waals surface area contributed by atoms with Gasteiger partial charge in [-0.3, -0.25) is 14.9 Å². The third-order valence-electron chi connectivity index (χ3n) is 3.78. The molecular weight excluding hydrogens is 414 g/mol. The maximum absolute atomic E-state index is 12.1. The number of carbonyl (C=O) groups excluding carboxylic acids is 1. The van der Waals surface area contributed by atoms with Crippen LogP contribution in [0.5, 0.6) is 0 Å². The van der Waals surface area contributed by atoms with Crippen LogP contribution in [0.1, 0.15) is 5.69 Å². The van der Waals surface area contributed by atoms with Crippen molar-refractivity contribution in [2.24, 2.45) is 0 Å². The normalized spacial score (nSPS) is 10.9. The third kappa shape index (κ3) is 4.22. The van der Waals surface area contributed by atoms with Crippen molar-refractivity contribution in [3.05, 3.63) is 57.6 Å². The average molecular weight is 427 g/mol. The largest absolute Gasteiger partial charge is 0.301 e. The van der Waals surface area contributed by atoms with E-state index in [2.05, 4.69) is 25.6 Å². The smallest absolute Gasteiger partial charge is 0.270 e. The van der Waals surface area contributed by atoms with Crippen molar-refractivity contribution >= 4 is 45.5 Å².